The maximum Gasteiger partial charge on any atom is 0.260 e. The summed E-state index contributed by atoms with van der Waals surface area (Å²) in [6, 6.07) is 22.6. The molecule has 9 rings (SSSR count). The van der Waals surface area contributed by atoms with Crippen LogP contribution in [-0.4, -0.2) is 118 Å². The molecule has 1 fully saturated rings. The van der Waals surface area contributed by atoms with Crippen molar-refractivity contribution in [2.75, 3.05) is 70.9 Å². The molecule has 3 amide bonds. The molecule has 0 aromatic heterocycles. The maximum absolute atomic E-state index is 14.0. The first-order chi connectivity index (χ1) is 30.1. The zero-order valence-electron chi connectivity index (χ0n) is 35.3. The number of ether oxygens (including phenoxy) is 4. The number of nitrogens with zero attached hydrogens (tertiary/aromatic N) is 6. The molecule has 0 bridgehead atoms. The Bertz CT molecular complexity index is 2520. The topological polar surface area (TPSA) is 138 Å². The number of benzene rings is 4. The van der Waals surface area contributed by atoms with Gasteiger partial charge in [0.05, 0.1) is 62.0 Å². The maximum atomic E-state index is 14.0. The summed E-state index contributed by atoms with van der Waals surface area (Å²) >= 11 is 0. The van der Waals surface area contributed by atoms with Crippen LogP contribution < -0.4 is 29.2 Å². The molecule has 0 saturated carbocycles. The molecule has 5 aliphatic rings. The third kappa shape index (κ3) is 8.13. The summed E-state index contributed by atoms with van der Waals surface area (Å²) in [7, 11) is 5.25. The van der Waals surface area contributed by atoms with Crippen LogP contribution in [0.5, 0.6) is 23.0 Å². The third-order valence-electron chi connectivity index (χ3n) is 11.9. The number of likely N-dealkylation sites (N-methyl/N-ethyl adjacent to an activating group) is 1. The fourth-order valence-corrected chi connectivity index (χ4v) is 8.49. The lowest BCUT2D eigenvalue weighted by atomic mass is 10.0. The van der Waals surface area contributed by atoms with E-state index in [0.29, 0.717) is 83.7 Å². The van der Waals surface area contributed by atoms with Crippen molar-refractivity contribution in [1.29, 1.82) is 0 Å². The first-order valence-electron chi connectivity index (χ1n) is 20.9. The first-order valence-corrected chi connectivity index (χ1v) is 20.9. The fourth-order valence-electron chi connectivity index (χ4n) is 8.49. The van der Waals surface area contributed by atoms with Crippen molar-refractivity contribution in [1.82, 2.24) is 14.7 Å². The number of hydrogen-bond acceptors (Lipinski definition) is 11. The minimum atomic E-state index is -0.246. The minimum Gasteiger partial charge on any atom is -0.493 e. The number of hydrogen-bond donors (Lipinski definition) is 1. The molecule has 0 aliphatic carbocycles. The SMILES string of the molecule is COc1cc2c(cc1OCCCOc1cc3c(cc1OC)C(=O)N1C=C(c4ccc(N5CCN(C)CC5)cc4)C[C@H]1C=N3)N=C[C@@H]1CC(c3ccc(NC(C)=O)cc3)=CN1C2=O. The van der Waals surface area contributed by atoms with E-state index >= 15 is 0 Å². The molecule has 5 heterocycles. The normalized spacial score (nSPS) is 19.1. The van der Waals surface area contributed by atoms with Gasteiger partial charge >= 0.3 is 0 Å². The quantitative estimate of drug-likeness (QED) is 0.147. The Morgan fingerprint density at radius 3 is 1.63 bits per heavy atom. The Labute approximate surface area is 360 Å². The number of anilines is 2. The van der Waals surface area contributed by atoms with Crippen LogP contribution in [0.1, 0.15) is 58.0 Å². The van der Waals surface area contributed by atoms with Crippen molar-refractivity contribution in [3.05, 3.63) is 107 Å². The smallest absolute Gasteiger partial charge is 0.260 e. The van der Waals surface area contributed by atoms with Gasteiger partial charge in [0.25, 0.3) is 11.8 Å². The standard InChI is InChI=1S/C48H49N7O7/c1-30(56)51-35-10-6-31(7-11-35)33-20-37-26-49-41-24-45(43(59-3)22-39(41)47(57)54(37)28-33)61-18-5-19-62-46-25-42-40(23-44(46)60-4)48(58)55-29-34(21-38(55)27-50-42)32-8-12-36(13-9-32)53-16-14-52(2)15-17-53/h6-13,22-29,37-38H,5,14-21H2,1-4H3,(H,51,56)/t37-,38-/m0/s1. The van der Waals surface area contributed by atoms with E-state index in [1.165, 1.54) is 19.7 Å². The fraction of sp³-hybridized carbons (Fsp3) is 0.312. The van der Waals surface area contributed by atoms with Crippen LogP contribution in [0.3, 0.4) is 0 Å². The summed E-state index contributed by atoms with van der Waals surface area (Å²) in [5, 5.41) is 2.78. The van der Waals surface area contributed by atoms with E-state index in [2.05, 4.69) is 46.4 Å². The van der Waals surface area contributed by atoms with Gasteiger partial charge in [0.15, 0.2) is 23.0 Å². The van der Waals surface area contributed by atoms with E-state index in [1.54, 1.807) is 47.4 Å². The Morgan fingerprint density at radius 2 is 1.16 bits per heavy atom. The van der Waals surface area contributed by atoms with Crippen LogP contribution in [0, 0.1) is 0 Å². The number of carbonyl (C=O) groups is 3. The Hall–Kier alpha value is -6.93. The lowest BCUT2D eigenvalue weighted by molar-refractivity contribution is -0.114. The number of rotatable bonds is 12. The highest BCUT2D eigenvalue weighted by Crippen LogP contribution is 2.42. The Morgan fingerprint density at radius 1 is 0.677 bits per heavy atom. The van der Waals surface area contributed by atoms with E-state index in [0.717, 1.165) is 48.5 Å². The number of fused-ring (bicyclic) bond motifs is 4. The van der Waals surface area contributed by atoms with E-state index in [1.807, 2.05) is 42.9 Å². The van der Waals surface area contributed by atoms with Gasteiger partial charge in [-0.2, -0.15) is 0 Å². The number of methoxy groups -OCH3 is 2. The molecule has 4 aromatic rings. The van der Waals surface area contributed by atoms with Crippen LogP contribution in [0.4, 0.5) is 22.7 Å². The first kappa shape index (κ1) is 40.5. The van der Waals surface area contributed by atoms with Crippen molar-refractivity contribution in [3.8, 4) is 23.0 Å². The zero-order valence-corrected chi connectivity index (χ0v) is 35.3. The largest absolute Gasteiger partial charge is 0.493 e. The van der Waals surface area contributed by atoms with Gasteiger partial charge in [-0.05, 0) is 65.7 Å². The molecule has 2 atom stereocenters. The molecule has 62 heavy (non-hydrogen) atoms. The molecule has 0 unspecified atom stereocenters. The van der Waals surface area contributed by atoms with Crippen LogP contribution in [-0.2, 0) is 4.79 Å². The highest BCUT2D eigenvalue weighted by atomic mass is 16.5. The minimum absolute atomic E-state index is 0.134. The molecule has 1 saturated heterocycles. The van der Waals surface area contributed by atoms with Gasteiger partial charge in [0, 0.05) is 101 Å². The third-order valence-corrected chi connectivity index (χ3v) is 11.9. The average Bonchev–Trinajstić information content (AvgIpc) is 3.86. The molecule has 1 N–H and O–H groups in total. The second-order valence-electron chi connectivity index (χ2n) is 16.0. The van der Waals surface area contributed by atoms with Gasteiger partial charge in [-0.15, -0.1) is 0 Å². The lowest BCUT2D eigenvalue weighted by Gasteiger charge is -2.34. The van der Waals surface area contributed by atoms with Gasteiger partial charge in [-0.25, -0.2) is 0 Å². The summed E-state index contributed by atoms with van der Waals surface area (Å²) in [6.45, 7) is 6.20. The Kier molecular flexibility index (Phi) is 11.2. The van der Waals surface area contributed by atoms with Crippen LogP contribution in [0.2, 0.25) is 0 Å². The molecule has 0 radical (unpaired) electrons. The summed E-state index contributed by atoms with van der Waals surface area (Å²) in [6.07, 6.45) is 9.25. The molecular formula is C48H49N7O7. The number of piperazine rings is 1. The van der Waals surface area contributed by atoms with E-state index in [-0.39, 0.29) is 29.8 Å². The average molecular weight is 836 g/mol. The van der Waals surface area contributed by atoms with Crippen molar-refractivity contribution in [2.45, 2.75) is 38.3 Å². The van der Waals surface area contributed by atoms with Crippen molar-refractivity contribution in [3.63, 3.8) is 0 Å². The van der Waals surface area contributed by atoms with Gasteiger partial charge in [0.2, 0.25) is 5.91 Å². The molecule has 318 valence electrons. The van der Waals surface area contributed by atoms with Gasteiger partial charge < -0.3 is 43.9 Å². The molecule has 14 nitrogen and oxygen atoms in total. The van der Waals surface area contributed by atoms with Crippen LogP contribution in [0.15, 0.2) is 95.2 Å². The van der Waals surface area contributed by atoms with Crippen molar-refractivity contribution < 1.29 is 33.3 Å². The van der Waals surface area contributed by atoms with E-state index in [9.17, 15) is 14.4 Å². The molecule has 14 heteroatoms. The summed E-state index contributed by atoms with van der Waals surface area (Å²) in [5.74, 6) is 1.33. The van der Waals surface area contributed by atoms with E-state index < -0.39 is 0 Å². The van der Waals surface area contributed by atoms with Crippen molar-refractivity contribution >= 4 is 64.0 Å². The zero-order chi connectivity index (χ0) is 42.9. The predicted octanol–water partition coefficient (Wildman–Crippen LogP) is 7.20. The lowest BCUT2D eigenvalue weighted by Crippen LogP contribution is -2.44. The number of aliphatic imine (C=N–C) groups is 2. The van der Waals surface area contributed by atoms with E-state index in [4.69, 9.17) is 28.9 Å². The second-order valence-corrected chi connectivity index (χ2v) is 16.0. The number of nitrogens with one attached hydrogen (secondary N) is 1. The molecular weight excluding hydrogens is 787 g/mol. The monoisotopic (exact) mass is 835 g/mol. The van der Waals surface area contributed by atoms with Gasteiger partial charge in [-0.3, -0.25) is 24.4 Å². The number of carbonyl (C=O) groups excluding carboxylic acids is 3. The van der Waals surface area contributed by atoms with Gasteiger partial charge in [0.1, 0.15) is 0 Å². The molecule has 5 aliphatic heterocycles. The molecule has 4 aromatic carbocycles. The number of amides is 3. The van der Waals surface area contributed by atoms with Crippen LogP contribution >= 0.6 is 0 Å². The summed E-state index contributed by atoms with van der Waals surface area (Å²) < 4.78 is 23.7. The summed E-state index contributed by atoms with van der Waals surface area (Å²) in [5.41, 5.74) is 7.98. The second kappa shape index (κ2) is 17.2. The molecule has 0 spiro atoms. The van der Waals surface area contributed by atoms with Gasteiger partial charge in [-0.1, -0.05) is 24.3 Å². The predicted molar refractivity (Wildman–Crippen MR) is 240 cm³/mol. The Balaban J connectivity index is 0.815. The summed E-state index contributed by atoms with van der Waals surface area (Å²) in [4.78, 5) is 56.9. The highest BCUT2D eigenvalue weighted by Gasteiger charge is 2.35. The van der Waals surface area contributed by atoms with Crippen molar-refractivity contribution in [2.24, 2.45) is 9.98 Å². The van der Waals surface area contributed by atoms with Crippen LogP contribution in [0.25, 0.3) is 11.1 Å². The highest BCUT2D eigenvalue weighted by molar-refractivity contribution is 6.06.